The van der Waals surface area contributed by atoms with Gasteiger partial charge in [-0.1, -0.05) is 0 Å². The van der Waals surface area contributed by atoms with Gasteiger partial charge in [0.05, 0.1) is 17.4 Å². The number of rotatable bonds is 6. The highest BCUT2D eigenvalue weighted by atomic mass is 32.1. The quantitative estimate of drug-likeness (QED) is 0.718. The number of hydrogen-bond donors (Lipinski definition) is 0. The molecule has 2 aliphatic heterocycles. The summed E-state index contributed by atoms with van der Waals surface area (Å²) in [5.41, 5.74) is 2.17. The topological polar surface area (TPSA) is 41.4 Å². The first kappa shape index (κ1) is 19.3. The van der Waals surface area contributed by atoms with Crippen molar-refractivity contribution in [1.82, 2.24) is 19.4 Å². The second-order valence-corrected chi connectivity index (χ2v) is 10.7. The number of aromatic nitrogens is 2. The van der Waals surface area contributed by atoms with E-state index in [0.29, 0.717) is 11.9 Å². The third-order valence-electron chi connectivity index (χ3n) is 7.24. The van der Waals surface area contributed by atoms with Crippen LogP contribution in [0.25, 0.3) is 0 Å². The van der Waals surface area contributed by atoms with E-state index in [0.717, 1.165) is 50.8 Å². The van der Waals surface area contributed by atoms with Crippen LogP contribution in [0.2, 0.25) is 0 Å². The van der Waals surface area contributed by atoms with Gasteiger partial charge in [0.2, 0.25) is 5.91 Å². The van der Waals surface area contributed by atoms with Gasteiger partial charge in [-0.05, 0) is 63.0 Å². The van der Waals surface area contributed by atoms with Crippen LogP contribution in [0, 0.1) is 18.3 Å². The Morgan fingerprint density at radius 1 is 1.34 bits per heavy atom. The summed E-state index contributed by atoms with van der Waals surface area (Å²) in [6, 6.07) is 2.59. The number of carbonyl (C=O) groups excluding carboxylic acids is 1. The Morgan fingerprint density at radius 3 is 2.83 bits per heavy atom. The van der Waals surface area contributed by atoms with E-state index in [-0.39, 0.29) is 11.3 Å². The molecule has 1 aliphatic carbocycles. The van der Waals surface area contributed by atoms with E-state index in [2.05, 4.69) is 52.8 Å². The van der Waals surface area contributed by atoms with Crippen LogP contribution in [0.1, 0.15) is 61.2 Å². The number of thiophene rings is 1. The third kappa shape index (κ3) is 3.44. The summed E-state index contributed by atoms with van der Waals surface area (Å²) in [4.78, 5) is 24.6. The van der Waals surface area contributed by atoms with Crippen molar-refractivity contribution in [2.24, 2.45) is 11.3 Å². The van der Waals surface area contributed by atoms with Gasteiger partial charge >= 0.3 is 0 Å². The van der Waals surface area contributed by atoms with Gasteiger partial charge in [-0.3, -0.25) is 9.69 Å². The molecule has 5 rings (SSSR count). The Bertz CT molecular complexity index is 898. The fraction of sp³-hybridized carbons (Fsp3) is 0.652. The zero-order valence-electron chi connectivity index (χ0n) is 17.8. The molecule has 0 unspecified atom stereocenters. The Hall–Kier alpha value is -1.66. The molecule has 0 N–H and O–H groups in total. The molecule has 0 bridgehead atoms. The molecule has 156 valence electrons. The first-order valence-electron chi connectivity index (χ1n) is 11.0. The Morgan fingerprint density at radius 2 is 2.17 bits per heavy atom. The lowest BCUT2D eigenvalue weighted by Crippen LogP contribution is -2.40. The molecule has 29 heavy (non-hydrogen) atoms. The molecule has 0 radical (unpaired) electrons. The number of hydrogen-bond acceptors (Lipinski definition) is 4. The van der Waals surface area contributed by atoms with E-state index >= 15 is 0 Å². The number of nitrogens with zero attached hydrogens (tertiary/aromatic N) is 4. The molecule has 6 heteroatoms. The van der Waals surface area contributed by atoms with Crippen LogP contribution in [0.5, 0.6) is 0 Å². The van der Waals surface area contributed by atoms with Gasteiger partial charge in [0.15, 0.2) is 0 Å². The van der Waals surface area contributed by atoms with Gasteiger partial charge in [0.25, 0.3) is 0 Å². The summed E-state index contributed by atoms with van der Waals surface area (Å²) in [5, 5.41) is 2.18. The lowest BCUT2D eigenvalue weighted by molar-refractivity contribution is -0.136. The average molecular weight is 413 g/mol. The second-order valence-electron chi connectivity index (χ2n) is 9.69. The monoisotopic (exact) mass is 412 g/mol. The highest BCUT2D eigenvalue weighted by Gasteiger charge is 2.58. The molecule has 3 fully saturated rings. The van der Waals surface area contributed by atoms with Crippen molar-refractivity contribution in [3.63, 3.8) is 0 Å². The molecule has 2 atom stereocenters. The van der Waals surface area contributed by atoms with Gasteiger partial charge in [-0.25, -0.2) is 4.98 Å². The summed E-state index contributed by atoms with van der Waals surface area (Å²) in [7, 11) is 0. The van der Waals surface area contributed by atoms with Crippen molar-refractivity contribution in [3.8, 4) is 0 Å². The summed E-state index contributed by atoms with van der Waals surface area (Å²) >= 11 is 1.83. The number of carbonyl (C=O) groups is 1. The minimum absolute atomic E-state index is 0.194. The first-order valence-corrected chi connectivity index (χ1v) is 11.9. The largest absolute Gasteiger partial charge is 0.342 e. The highest BCUT2D eigenvalue weighted by Crippen LogP contribution is 2.50. The standard InChI is InChI=1S/C23H32N4OS/c1-16(2)27-12-20(24-15-27)19-11-25(13-21-17(3)6-9-29-21)14-23(19)7-8-26(22(23)28)10-18-4-5-18/h6,9,12,15-16,18-19H,4-5,7-8,10-11,13-14H2,1-3H3/t19-,23-/m1/s1. The van der Waals surface area contributed by atoms with Crippen LogP contribution in [0.3, 0.4) is 0 Å². The summed E-state index contributed by atoms with van der Waals surface area (Å²) in [6.45, 7) is 11.2. The molecule has 2 aromatic heterocycles. The van der Waals surface area contributed by atoms with Crippen molar-refractivity contribution in [2.75, 3.05) is 26.2 Å². The maximum atomic E-state index is 13.7. The van der Waals surface area contributed by atoms with Gasteiger partial charge in [-0.15, -0.1) is 11.3 Å². The smallest absolute Gasteiger partial charge is 0.230 e. The fourth-order valence-corrected chi connectivity index (χ4v) is 6.15. The molecule has 5 nitrogen and oxygen atoms in total. The van der Waals surface area contributed by atoms with Gasteiger partial charge < -0.3 is 9.47 Å². The molecule has 0 aromatic carbocycles. The maximum absolute atomic E-state index is 13.7. The maximum Gasteiger partial charge on any atom is 0.230 e. The van der Waals surface area contributed by atoms with Crippen molar-refractivity contribution in [2.45, 2.75) is 58.5 Å². The molecule has 1 spiro atoms. The second kappa shape index (κ2) is 7.24. The van der Waals surface area contributed by atoms with Crippen molar-refractivity contribution >= 4 is 17.2 Å². The first-order chi connectivity index (χ1) is 14.0. The van der Waals surface area contributed by atoms with Crippen molar-refractivity contribution in [3.05, 3.63) is 40.1 Å². The Balaban J connectivity index is 1.44. The molecule has 2 aromatic rings. The van der Waals surface area contributed by atoms with E-state index in [1.807, 2.05) is 17.7 Å². The van der Waals surface area contributed by atoms with Crippen LogP contribution in [-0.4, -0.2) is 51.4 Å². The fourth-order valence-electron chi connectivity index (χ4n) is 5.20. The molecular formula is C23H32N4OS. The van der Waals surface area contributed by atoms with E-state index in [1.165, 1.54) is 23.3 Å². The number of aryl methyl sites for hydroxylation is 1. The summed E-state index contributed by atoms with van der Waals surface area (Å²) in [5.74, 6) is 1.33. The summed E-state index contributed by atoms with van der Waals surface area (Å²) in [6.07, 6.45) is 7.69. The van der Waals surface area contributed by atoms with Crippen molar-refractivity contribution < 1.29 is 4.79 Å². The Kier molecular flexibility index (Phi) is 4.82. The molecular weight excluding hydrogens is 380 g/mol. The molecule has 4 heterocycles. The van der Waals surface area contributed by atoms with Gasteiger partial charge in [0.1, 0.15) is 0 Å². The zero-order valence-corrected chi connectivity index (χ0v) is 18.6. The minimum atomic E-state index is -0.295. The highest BCUT2D eigenvalue weighted by molar-refractivity contribution is 7.10. The van der Waals surface area contributed by atoms with Crippen LogP contribution in [0.15, 0.2) is 24.0 Å². The van der Waals surface area contributed by atoms with Crippen LogP contribution in [-0.2, 0) is 11.3 Å². The molecule has 1 amide bonds. The van der Waals surface area contributed by atoms with Gasteiger partial charge in [-0.2, -0.15) is 0 Å². The van der Waals surface area contributed by atoms with E-state index < -0.39 is 0 Å². The molecule has 1 saturated carbocycles. The van der Waals surface area contributed by atoms with Crippen LogP contribution >= 0.6 is 11.3 Å². The SMILES string of the molecule is Cc1ccsc1CN1C[C@H](c2cn(C(C)C)cn2)[C@@]2(CCN(CC3CC3)C2=O)C1. The predicted octanol–water partition coefficient (Wildman–Crippen LogP) is 4.06. The predicted molar refractivity (Wildman–Crippen MR) is 116 cm³/mol. The zero-order chi connectivity index (χ0) is 20.2. The third-order valence-corrected chi connectivity index (χ3v) is 8.25. The van der Waals surface area contributed by atoms with Crippen molar-refractivity contribution in [1.29, 1.82) is 0 Å². The molecule has 2 saturated heterocycles. The lowest BCUT2D eigenvalue weighted by atomic mass is 9.75. The van der Waals surface area contributed by atoms with Crippen LogP contribution in [0.4, 0.5) is 0 Å². The number of imidazole rings is 1. The number of amides is 1. The minimum Gasteiger partial charge on any atom is -0.342 e. The summed E-state index contributed by atoms with van der Waals surface area (Å²) < 4.78 is 2.18. The molecule has 3 aliphatic rings. The Labute approximate surface area is 177 Å². The van der Waals surface area contributed by atoms with E-state index in [4.69, 9.17) is 4.98 Å². The lowest BCUT2D eigenvalue weighted by Gasteiger charge is -2.28. The van der Waals surface area contributed by atoms with Gasteiger partial charge in [0, 0.05) is 55.8 Å². The number of likely N-dealkylation sites (tertiary alicyclic amines) is 2. The van der Waals surface area contributed by atoms with E-state index in [1.54, 1.807) is 0 Å². The van der Waals surface area contributed by atoms with Crippen LogP contribution < -0.4 is 0 Å². The van der Waals surface area contributed by atoms with E-state index in [9.17, 15) is 4.79 Å². The normalized spacial score (nSPS) is 27.8. The average Bonchev–Trinajstić information content (AvgIpc) is 3.02.